The summed E-state index contributed by atoms with van der Waals surface area (Å²) in [6.45, 7) is 0.364. The van der Waals surface area contributed by atoms with Gasteiger partial charge in [-0.05, 0) is 55.4 Å². The van der Waals surface area contributed by atoms with Crippen molar-refractivity contribution < 1.29 is 4.79 Å². The molecule has 2 bridgehead atoms. The van der Waals surface area contributed by atoms with Crippen LogP contribution in [0.4, 0.5) is 5.69 Å². The maximum atomic E-state index is 12.3. The number of rotatable bonds is 2. The largest absolute Gasteiger partial charge is 0.326 e. The van der Waals surface area contributed by atoms with Crippen LogP contribution in [0.15, 0.2) is 24.3 Å². The summed E-state index contributed by atoms with van der Waals surface area (Å²) in [6, 6.07) is 7.65. The van der Waals surface area contributed by atoms with Gasteiger partial charge in [0.25, 0.3) is 0 Å². The topological polar surface area (TPSA) is 55.1 Å². The minimum Gasteiger partial charge on any atom is -0.326 e. The van der Waals surface area contributed by atoms with E-state index in [4.69, 9.17) is 5.73 Å². The van der Waals surface area contributed by atoms with Crippen LogP contribution in [0.1, 0.15) is 31.2 Å². The van der Waals surface area contributed by atoms with E-state index in [2.05, 4.69) is 17.2 Å². The second-order valence-corrected chi connectivity index (χ2v) is 5.85. The predicted molar refractivity (Wildman–Crippen MR) is 79.9 cm³/mol. The summed E-state index contributed by atoms with van der Waals surface area (Å²) >= 11 is 0. The number of fused-ring (bicyclic) bond motifs is 2. The molecule has 1 amide bonds. The van der Waals surface area contributed by atoms with Gasteiger partial charge in [-0.1, -0.05) is 18.3 Å². The highest BCUT2D eigenvalue weighted by Crippen LogP contribution is 2.48. The number of nitrogens with two attached hydrogens (primary N) is 1. The normalized spacial score (nSPS) is 26.9. The van der Waals surface area contributed by atoms with Gasteiger partial charge in [0, 0.05) is 17.2 Å². The fourth-order valence-corrected chi connectivity index (χ4v) is 3.59. The molecule has 0 radical (unpaired) electrons. The van der Waals surface area contributed by atoms with Crippen LogP contribution in [-0.2, 0) is 4.79 Å². The van der Waals surface area contributed by atoms with E-state index in [-0.39, 0.29) is 11.8 Å². The number of amides is 1. The second kappa shape index (κ2) is 5.68. The quantitative estimate of drug-likeness (QED) is 0.809. The summed E-state index contributed by atoms with van der Waals surface area (Å²) in [7, 11) is 0. The lowest BCUT2D eigenvalue weighted by Crippen LogP contribution is -2.27. The van der Waals surface area contributed by atoms with Crippen molar-refractivity contribution in [3.05, 3.63) is 29.8 Å². The molecule has 0 spiro atoms. The third-order valence-corrected chi connectivity index (χ3v) is 4.56. The molecule has 2 fully saturated rings. The van der Waals surface area contributed by atoms with Crippen molar-refractivity contribution in [2.45, 2.75) is 25.7 Å². The van der Waals surface area contributed by atoms with Crippen molar-refractivity contribution in [1.82, 2.24) is 0 Å². The molecule has 0 aromatic heterocycles. The molecular formula is C17H20N2O. The number of carbonyl (C=O) groups is 1. The highest BCUT2D eigenvalue weighted by molar-refractivity contribution is 5.93. The summed E-state index contributed by atoms with van der Waals surface area (Å²) in [5.41, 5.74) is 7.12. The zero-order valence-electron chi connectivity index (χ0n) is 11.6. The molecule has 2 aliphatic rings. The summed E-state index contributed by atoms with van der Waals surface area (Å²) in [5, 5.41) is 3.04. The zero-order chi connectivity index (χ0) is 13.9. The van der Waals surface area contributed by atoms with E-state index in [9.17, 15) is 4.79 Å². The summed E-state index contributed by atoms with van der Waals surface area (Å²) in [6.07, 6.45) is 4.89. The Hall–Kier alpha value is -1.79. The van der Waals surface area contributed by atoms with Crippen molar-refractivity contribution in [3.8, 4) is 11.8 Å². The van der Waals surface area contributed by atoms with Crippen LogP contribution < -0.4 is 11.1 Å². The first kappa shape index (κ1) is 13.2. The van der Waals surface area contributed by atoms with Crippen molar-refractivity contribution in [1.29, 1.82) is 0 Å². The van der Waals surface area contributed by atoms with Crippen LogP contribution in [0.2, 0.25) is 0 Å². The molecule has 3 nitrogen and oxygen atoms in total. The van der Waals surface area contributed by atoms with Gasteiger partial charge in [0.05, 0.1) is 6.54 Å². The molecule has 3 rings (SSSR count). The zero-order valence-corrected chi connectivity index (χ0v) is 11.6. The van der Waals surface area contributed by atoms with Gasteiger partial charge in [0.2, 0.25) is 5.91 Å². The fourth-order valence-electron chi connectivity index (χ4n) is 3.59. The Morgan fingerprint density at radius 2 is 2.05 bits per heavy atom. The summed E-state index contributed by atoms with van der Waals surface area (Å²) < 4.78 is 0. The minimum atomic E-state index is 0.193. The maximum Gasteiger partial charge on any atom is 0.227 e. The van der Waals surface area contributed by atoms with Crippen LogP contribution in [0.5, 0.6) is 0 Å². The van der Waals surface area contributed by atoms with E-state index < -0.39 is 0 Å². The van der Waals surface area contributed by atoms with Crippen LogP contribution in [0, 0.1) is 29.6 Å². The standard InChI is InChI=1S/C17H20N2O/c18-9-1-2-12-4-7-15(8-5-12)19-17(20)16-11-13-3-6-14(16)10-13/h4-5,7-8,13-14,16H,3,6,9-11,18H2,(H,19,20). The molecule has 0 aliphatic heterocycles. The van der Waals surface area contributed by atoms with E-state index in [0.29, 0.717) is 12.5 Å². The van der Waals surface area contributed by atoms with E-state index in [1.165, 1.54) is 19.3 Å². The highest BCUT2D eigenvalue weighted by Gasteiger charge is 2.42. The van der Waals surface area contributed by atoms with E-state index >= 15 is 0 Å². The van der Waals surface area contributed by atoms with Crippen molar-refractivity contribution >= 4 is 11.6 Å². The number of nitrogens with one attached hydrogen (secondary N) is 1. The van der Waals surface area contributed by atoms with Crippen LogP contribution >= 0.6 is 0 Å². The van der Waals surface area contributed by atoms with Gasteiger partial charge in [0.15, 0.2) is 0 Å². The molecular weight excluding hydrogens is 248 g/mol. The van der Waals surface area contributed by atoms with Crippen LogP contribution in [0.25, 0.3) is 0 Å². The third kappa shape index (κ3) is 2.71. The Kier molecular flexibility index (Phi) is 3.75. The van der Waals surface area contributed by atoms with Crippen molar-refractivity contribution in [2.24, 2.45) is 23.5 Å². The SMILES string of the molecule is NCC#Cc1ccc(NC(=O)C2CC3CCC2C3)cc1. The molecule has 3 atom stereocenters. The van der Waals surface area contributed by atoms with E-state index in [1.54, 1.807) is 0 Å². The molecule has 0 saturated heterocycles. The first-order chi connectivity index (χ1) is 9.76. The number of anilines is 1. The first-order valence-electron chi connectivity index (χ1n) is 7.36. The molecule has 20 heavy (non-hydrogen) atoms. The molecule has 2 aliphatic carbocycles. The van der Waals surface area contributed by atoms with E-state index in [0.717, 1.165) is 23.6 Å². The average molecular weight is 268 g/mol. The lowest BCUT2D eigenvalue weighted by atomic mass is 9.88. The number of hydrogen-bond acceptors (Lipinski definition) is 2. The molecule has 3 unspecified atom stereocenters. The van der Waals surface area contributed by atoms with Gasteiger partial charge < -0.3 is 11.1 Å². The summed E-state index contributed by atoms with van der Waals surface area (Å²) in [4.78, 5) is 12.3. The Morgan fingerprint density at radius 3 is 2.65 bits per heavy atom. The van der Waals surface area contributed by atoms with Gasteiger partial charge in [-0.2, -0.15) is 0 Å². The van der Waals surface area contributed by atoms with Gasteiger partial charge in [-0.15, -0.1) is 0 Å². The van der Waals surface area contributed by atoms with Crippen molar-refractivity contribution in [2.75, 3.05) is 11.9 Å². The Balaban J connectivity index is 1.61. The van der Waals surface area contributed by atoms with Gasteiger partial charge in [-0.25, -0.2) is 0 Å². The van der Waals surface area contributed by atoms with Crippen LogP contribution in [0.3, 0.4) is 0 Å². The minimum absolute atomic E-state index is 0.193. The lowest BCUT2D eigenvalue weighted by molar-refractivity contribution is -0.121. The predicted octanol–water partition coefficient (Wildman–Crippen LogP) is 2.37. The second-order valence-electron chi connectivity index (χ2n) is 5.85. The molecule has 0 heterocycles. The molecule has 3 N–H and O–H groups in total. The number of carbonyl (C=O) groups excluding carboxylic acids is 1. The molecule has 3 heteroatoms. The molecule has 1 aromatic carbocycles. The van der Waals surface area contributed by atoms with Crippen molar-refractivity contribution in [3.63, 3.8) is 0 Å². The fraction of sp³-hybridized carbons (Fsp3) is 0.471. The average Bonchev–Trinajstić information content (AvgIpc) is 3.09. The Bertz CT molecular complexity index is 553. The maximum absolute atomic E-state index is 12.3. The first-order valence-corrected chi connectivity index (χ1v) is 7.36. The summed E-state index contributed by atoms with van der Waals surface area (Å²) in [5.74, 6) is 7.63. The van der Waals surface area contributed by atoms with Gasteiger partial charge in [0.1, 0.15) is 0 Å². The lowest BCUT2D eigenvalue weighted by Gasteiger charge is -2.20. The Labute approximate surface area is 119 Å². The highest BCUT2D eigenvalue weighted by atomic mass is 16.1. The smallest absolute Gasteiger partial charge is 0.227 e. The number of hydrogen-bond donors (Lipinski definition) is 2. The molecule has 1 aromatic rings. The monoisotopic (exact) mass is 268 g/mol. The molecule has 2 saturated carbocycles. The van der Waals surface area contributed by atoms with E-state index in [1.807, 2.05) is 24.3 Å². The van der Waals surface area contributed by atoms with Gasteiger partial charge >= 0.3 is 0 Å². The third-order valence-electron chi connectivity index (χ3n) is 4.56. The van der Waals surface area contributed by atoms with Crippen LogP contribution in [-0.4, -0.2) is 12.5 Å². The number of benzene rings is 1. The Morgan fingerprint density at radius 1 is 1.25 bits per heavy atom. The van der Waals surface area contributed by atoms with Gasteiger partial charge in [-0.3, -0.25) is 4.79 Å². The molecule has 104 valence electrons.